The molecule has 0 aromatic carbocycles. The zero-order chi connectivity index (χ0) is 21.9. The molecule has 4 fully saturated rings. The van der Waals surface area contributed by atoms with E-state index in [4.69, 9.17) is 0 Å². The van der Waals surface area contributed by atoms with Gasteiger partial charge in [0, 0.05) is 18.6 Å². The second-order valence-corrected chi connectivity index (χ2v) is 10.7. The third kappa shape index (κ3) is 7.87. The minimum absolute atomic E-state index is 0.577. The summed E-state index contributed by atoms with van der Waals surface area (Å²) in [5.41, 5.74) is 1.34. The second-order valence-electron chi connectivity index (χ2n) is 10.7. The quantitative estimate of drug-likeness (QED) is 0.485. The van der Waals surface area contributed by atoms with Gasteiger partial charge in [-0.25, -0.2) is 0 Å². The van der Waals surface area contributed by atoms with E-state index in [0.29, 0.717) is 5.54 Å². The van der Waals surface area contributed by atoms with Crippen LogP contribution in [0, 0.1) is 29.1 Å². The van der Waals surface area contributed by atoms with Gasteiger partial charge in [-0.05, 0) is 87.5 Å². The van der Waals surface area contributed by atoms with Gasteiger partial charge in [-0.1, -0.05) is 46.6 Å². The minimum atomic E-state index is 0.577. The highest BCUT2D eigenvalue weighted by Gasteiger charge is 2.44. The zero-order valence-electron chi connectivity index (χ0n) is 20.5. The molecule has 0 aromatic rings. The lowest BCUT2D eigenvalue weighted by atomic mass is 9.71. The fraction of sp³-hybridized carbons (Fsp3) is 0.852. The third-order valence-corrected chi connectivity index (χ3v) is 7.84. The van der Waals surface area contributed by atoms with Gasteiger partial charge in [-0.2, -0.15) is 0 Å². The molecule has 2 heteroatoms. The van der Waals surface area contributed by atoms with Gasteiger partial charge in [-0.15, -0.1) is 19.7 Å². The first-order valence-corrected chi connectivity index (χ1v) is 12.4. The first-order chi connectivity index (χ1) is 13.9. The summed E-state index contributed by atoms with van der Waals surface area (Å²) >= 11 is 0. The molecule has 2 aliphatic carbocycles. The molecule has 2 saturated carbocycles. The topological polar surface area (TPSA) is 24.1 Å². The van der Waals surface area contributed by atoms with Gasteiger partial charge in [0.05, 0.1) is 0 Å². The van der Waals surface area contributed by atoms with E-state index in [9.17, 15) is 0 Å². The molecule has 3 unspecified atom stereocenters. The fourth-order valence-electron chi connectivity index (χ4n) is 5.85. The molecule has 0 bridgehead atoms. The summed E-state index contributed by atoms with van der Waals surface area (Å²) in [7, 11) is 0. The Morgan fingerprint density at radius 2 is 1.41 bits per heavy atom. The van der Waals surface area contributed by atoms with Crippen LogP contribution < -0.4 is 10.6 Å². The Hall–Kier alpha value is -0.600. The second kappa shape index (κ2) is 13.0. The maximum atomic E-state index is 3.76. The van der Waals surface area contributed by atoms with Crippen molar-refractivity contribution >= 4 is 0 Å². The lowest BCUT2D eigenvalue weighted by Gasteiger charge is -2.40. The van der Waals surface area contributed by atoms with E-state index in [1.807, 2.05) is 6.92 Å². The molecule has 2 N–H and O–H groups in total. The standard InChI is InChI=1S/C12H23N.C10H19N.C3H6.C2H4/c1-10(2)11-5-3-6-12(9-11)7-4-8-13-12;1-8(2)9-3-4-10(5-9)6-11-7-10;1-3-2;1-2/h10-11,13H,3-9H2,1-2H3;8-9,11H,3-7H2,1-2H3;3H,1H2,2H3;1-2H2. The Labute approximate surface area is 183 Å². The third-order valence-electron chi connectivity index (χ3n) is 7.84. The minimum Gasteiger partial charge on any atom is -0.316 e. The molecule has 0 aromatic heterocycles. The van der Waals surface area contributed by atoms with Crippen molar-refractivity contribution in [2.75, 3.05) is 19.6 Å². The number of hydrogen-bond acceptors (Lipinski definition) is 2. The highest BCUT2D eigenvalue weighted by molar-refractivity contribution is 4.99. The lowest BCUT2D eigenvalue weighted by Crippen LogP contribution is -2.51. The van der Waals surface area contributed by atoms with Crippen molar-refractivity contribution in [2.24, 2.45) is 29.1 Å². The van der Waals surface area contributed by atoms with Crippen LogP contribution in [0.15, 0.2) is 25.8 Å². The van der Waals surface area contributed by atoms with E-state index in [1.165, 1.54) is 77.4 Å². The molecule has 3 atom stereocenters. The van der Waals surface area contributed by atoms with Crippen LogP contribution >= 0.6 is 0 Å². The van der Waals surface area contributed by atoms with Gasteiger partial charge in [0.2, 0.25) is 0 Å². The maximum absolute atomic E-state index is 3.76. The monoisotopic (exact) mass is 404 g/mol. The van der Waals surface area contributed by atoms with Crippen LogP contribution in [0.4, 0.5) is 0 Å². The smallest absolute Gasteiger partial charge is 0.0184 e. The Morgan fingerprint density at radius 3 is 1.79 bits per heavy atom. The summed E-state index contributed by atoms with van der Waals surface area (Å²) in [6.45, 7) is 24.6. The summed E-state index contributed by atoms with van der Waals surface area (Å²) in [5.74, 6) is 3.81. The Balaban J connectivity index is 0.000000240. The summed E-state index contributed by atoms with van der Waals surface area (Å²) in [4.78, 5) is 0. The molecule has 2 aliphatic heterocycles. The summed E-state index contributed by atoms with van der Waals surface area (Å²) in [6, 6.07) is 0. The molecular formula is C27H52N2. The number of rotatable bonds is 2. The maximum Gasteiger partial charge on any atom is 0.0184 e. The molecule has 29 heavy (non-hydrogen) atoms. The van der Waals surface area contributed by atoms with Crippen molar-refractivity contribution < 1.29 is 0 Å². The van der Waals surface area contributed by atoms with Crippen LogP contribution in [0.3, 0.4) is 0 Å². The van der Waals surface area contributed by atoms with Crippen LogP contribution in [0.5, 0.6) is 0 Å². The highest BCUT2D eigenvalue weighted by atomic mass is 15.0. The molecule has 4 aliphatic rings. The van der Waals surface area contributed by atoms with Crippen LogP contribution in [0.2, 0.25) is 0 Å². The largest absolute Gasteiger partial charge is 0.316 e. The van der Waals surface area contributed by atoms with Gasteiger partial charge in [0.1, 0.15) is 0 Å². The molecule has 2 nitrogen and oxygen atoms in total. The van der Waals surface area contributed by atoms with E-state index in [0.717, 1.165) is 29.1 Å². The molecule has 4 rings (SSSR count). The van der Waals surface area contributed by atoms with Crippen molar-refractivity contribution in [2.45, 2.75) is 97.9 Å². The van der Waals surface area contributed by atoms with Crippen LogP contribution in [-0.2, 0) is 0 Å². The van der Waals surface area contributed by atoms with Crippen molar-refractivity contribution in [3.05, 3.63) is 25.8 Å². The van der Waals surface area contributed by atoms with Gasteiger partial charge >= 0.3 is 0 Å². The van der Waals surface area contributed by atoms with Crippen LogP contribution in [0.25, 0.3) is 0 Å². The van der Waals surface area contributed by atoms with Crippen molar-refractivity contribution in [3.8, 4) is 0 Å². The summed E-state index contributed by atoms with van der Waals surface area (Å²) in [6.07, 6.45) is 14.9. The van der Waals surface area contributed by atoms with Gasteiger partial charge in [0.25, 0.3) is 0 Å². The first kappa shape index (κ1) is 26.4. The van der Waals surface area contributed by atoms with E-state index in [1.54, 1.807) is 6.08 Å². The average molecular weight is 405 g/mol. The van der Waals surface area contributed by atoms with Gasteiger partial charge in [-0.3, -0.25) is 0 Å². The van der Waals surface area contributed by atoms with E-state index in [2.05, 4.69) is 58.1 Å². The van der Waals surface area contributed by atoms with Crippen molar-refractivity contribution in [3.63, 3.8) is 0 Å². The predicted molar refractivity (Wildman–Crippen MR) is 131 cm³/mol. The van der Waals surface area contributed by atoms with Gasteiger partial charge in [0.15, 0.2) is 0 Å². The van der Waals surface area contributed by atoms with Crippen molar-refractivity contribution in [1.29, 1.82) is 0 Å². The average Bonchev–Trinajstić information content (AvgIpc) is 3.32. The fourth-order valence-corrected chi connectivity index (χ4v) is 5.85. The molecule has 2 spiro atoms. The Bertz CT molecular complexity index is 443. The Morgan fingerprint density at radius 1 is 0.862 bits per heavy atom. The molecular weight excluding hydrogens is 352 g/mol. The SMILES string of the molecule is C=C.C=CC.CC(C)C1CCC2(CNC2)C1.CC(C)C1CCCC2(CCCN2)C1. The molecule has 0 radical (unpaired) electrons. The summed E-state index contributed by atoms with van der Waals surface area (Å²) in [5, 5.41) is 7.16. The van der Waals surface area contributed by atoms with E-state index in [-0.39, 0.29) is 0 Å². The number of hydrogen-bond donors (Lipinski definition) is 2. The van der Waals surface area contributed by atoms with E-state index >= 15 is 0 Å². The number of nitrogens with one attached hydrogen (secondary N) is 2. The lowest BCUT2D eigenvalue weighted by molar-refractivity contribution is 0.164. The Kier molecular flexibility index (Phi) is 11.8. The molecule has 170 valence electrons. The number of allylic oxidation sites excluding steroid dienone is 1. The zero-order valence-corrected chi connectivity index (χ0v) is 20.5. The molecule has 2 heterocycles. The van der Waals surface area contributed by atoms with Gasteiger partial charge < -0.3 is 10.6 Å². The predicted octanol–water partition coefficient (Wildman–Crippen LogP) is 6.98. The summed E-state index contributed by atoms with van der Waals surface area (Å²) < 4.78 is 0. The van der Waals surface area contributed by atoms with Crippen molar-refractivity contribution in [1.82, 2.24) is 10.6 Å². The van der Waals surface area contributed by atoms with Crippen LogP contribution in [0.1, 0.15) is 92.4 Å². The molecule has 0 amide bonds. The highest BCUT2D eigenvalue weighted by Crippen LogP contribution is 2.46. The van der Waals surface area contributed by atoms with Crippen LogP contribution in [-0.4, -0.2) is 25.2 Å². The first-order valence-electron chi connectivity index (χ1n) is 12.4. The molecule has 2 saturated heterocycles. The normalized spacial score (nSPS) is 31.8. The van der Waals surface area contributed by atoms with E-state index < -0.39 is 0 Å².